The predicted molar refractivity (Wildman–Crippen MR) is 256 cm³/mol. The van der Waals surface area contributed by atoms with Crippen LogP contribution in [0, 0.1) is 35.0 Å². The topological polar surface area (TPSA) is 158 Å². The van der Waals surface area contributed by atoms with Crippen LogP contribution in [0.4, 0.5) is 0 Å². The number of carbonyl (C=O) groups is 2. The van der Waals surface area contributed by atoms with Gasteiger partial charge in [-0.3, -0.25) is 14.6 Å². The zero-order valence-electron chi connectivity index (χ0n) is 37.7. The minimum atomic E-state index is -0.454. The number of thiol groups is 1. The number of allylic oxidation sites excluding steroid dienone is 2. The van der Waals surface area contributed by atoms with Gasteiger partial charge in [-0.05, 0) is 85.1 Å². The van der Waals surface area contributed by atoms with E-state index in [2.05, 4.69) is 63.7 Å². The van der Waals surface area contributed by atoms with E-state index in [9.17, 15) is 14.9 Å². The van der Waals surface area contributed by atoms with Gasteiger partial charge < -0.3 is 34.0 Å². The number of amides is 1. The Morgan fingerprint density at radius 3 is 2.43 bits per heavy atom. The molecule has 0 radical (unpaired) electrons. The number of H-pyrrole nitrogens is 1. The number of ketones is 1. The molecule has 0 bridgehead atoms. The number of nitrogens with one attached hydrogen (secondary N) is 2. The second-order valence-corrected chi connectivity index (χ2v) is 17.6. The van der Waals surface area contributed by atoms with Crippen LogP contribution in [-0.4, -0.2) is 79.0 Å². The van der Waals surface area contributed by atoms with Gasteiger partial charge in [0.05, 0.1) is 51.1 Å². The van der Waals surface area contributed by atoms with Gasteiger partial charge in [-0.2, -0.15) is 5.26 Å². The lowest BCUT2D eigenvalue weighted by atomic mass is 9.81. The molecular formula is C52H59N5O7S. The number of Topliss-reactive ketones (excluding diaryl/α,β-unsaturated/α-hetero) is 1. The van der Waals surface area contributed by atoms with E-state index in [1.165, 1.54) is 0 Å². The number of nitriles is 1. The normalized spacial score (nSPS) is 18.8. The van der Waals surface area contributed by atoms with Crippen LogP contribution in [0.25, 0.3) is 37.8 Å². The standard InChI is InChI=1S/C52H59N5O7S/c1-32(2)50(46(58)26-39-7-6-8-41(39)52(59)56-35(5)36-9-11-37(12-10-36)51(65)33(3)28-53)48-27-47(34(4)31-64-48)62-23-21-60-19-20-61-22-24-63-49-16-14-40(29-55-49)38-13-15-42-43-30-54-18-17-44(43)57-45(42)25-38/h9-18,25,27,29-30,32,35,39,41,47,50,57,65H,4,6-8,19-24,26,31H2,1-3,5H3,(H,56,59)/b51-33-/t35-,39?,41+,47?,50+/m0/s1. The first kappa shape index (κ1) is 47.2. The molecule has 0 saturated heterocycles. The lowest BCUT2D eigenvalue weighted by Gasteiger charge is -2.31. The number of hydrogen-bond donors (Lipinski definition) is 3. The molecule has 65 heavy (non-hydrogen) atoms. The van der Waals surface area contributed by atoms with Crippen LogP contribution in [0.15, 0.2) is 109 Å². The van der Waals surface area contributed by atoms with Crippen molar-refractivity contribution in [3.05, 3.63) is 120 Å². The lowest BCUT2D eigenvalue weighted by molar-refractivity contribution is -0.128. The van der Waals surface area contributed by atoms with Crippen LogP contribution in [0.3, 0.4) is 0 Å². The SMILES string of the molecule is C=C1COC([C@@H](C(=O)CC2CCC[C@H]2C(=O)N[C@@H](C)c2ccc(/C(S)=C(\C)C#N)cc2)C(C)C)=CC1OCCOCCOCCOc1ccc(-c2ccc3c(c2)[nH]c2ccncc23)cn1. The van der Waals surface area contributed by atoms with Gasteiger partial charge in [-0.25, -0.2) is 4.98 Å². The summed E-state index contributed by atoms with van der Waals surface area (Å²) >= 11 is 4.48. The molecule has 0 spiro atoms. The van der Waals surface area contributed by atoms with Crippen LogP contribution >= 0.6 is 12.6 Å². The third-order valence-corrected chi connectivity index (χ3v) is 12.9. The van der Waals surface area contributed by atoms with E-state index in [0.29, 0.717) is 68.2 Å². The van der Waals surface area contributed by atoms with Crippen LogP contribution in [0.5, 0.6) is 5.88 Å². The number of nitrogens with zero attached hydrogens (tertiary/aromatic N) is 3. The molecule has 5 atom stereocenters. The first-order chi connectivity index (χ1) is 31.5. The molecule has 12 nitrogen and oxygen atoms in total. The quantitative estimate of drug-likeness (QED) is 0.0280. The van der Waals surface area contributed by atoms with E-state index in [1.54, 1.807) is 13.1 Å². The Bertz CT molecular complexity index is 2560. The zero-order valence-corrected chi connectivity index (χ0v) is 38.6. The van der Waals surface area contributed by atoms with Crippen molar-refractivity contribution in [3.63, 3.8) is 0 Å². The Morgan fingerprint density at radius 2 is 1.69 bits per heavy atom. The van der Waals surface area contributed by atoms with Crippen molar-refractivity contribution >= 4 is 51.0 Å². The highest BCUT2D eigenvalue weighted by molar-refractivity contribution is 7.90. The van der Waals surface area contributed by atoms with Crippen LogP contribution in [0.1, 0.15) is 70.5 Å². The average Bonchev–Trinajstić information content (AvgIpc) is 3.94. The number of fused-ring (bicyclic) bond motifs is 3. The van der Waals surface area contributed by atoms with E-state index in [1.807, 2.05) is 81.7 Å². The highest BCUT2D eigenvalue weighted by Gasteiger charge is 2.38. The first-order valence-corrected chi connectivity index (χ1v) is 22.9. The number of pyridine rings is 2. The van der Waals surface area contributed by atoms with E-state index < -0.39 is 12.0 Å². The number of ether oxygens (including phenoxy) is 5. The monoisotopic (exact) mass is 897 g/mol. The number of benzene rings is 2. The summed E-state index contributed by atoms with van der Waals surface area (Å²) in [5.74, 6) is 0.429. The van der Waals surface area contributed by atoms with Gasteiger partial charge >= 0.3 is 0 Å². The van der Waals surface area contributed by atoms with E-state index in [0.717, 1.165) is 68.9 Å². The number of rotatable bonds is 21. The molecule has 2 N–H and O–H groups in total. The van der Waals surface area contributed by atoms with Gasteiger partial charge in [0.2, 0.25) is 11.8 Å². The van der Waals surface area contributed by atoms with Crippen molar-refractivity contribution in [2.24, 2.45) is 23.7 Å². The molecular weight excluding hydrogens is 839 g/mol. The van der Waals surface area contributed by atoms with Gasteiger partial charge in [0.15, 0.2) is 0 Å². The summed E-state index contributed by atoms with van der Waals surface area (Å²) in [6.45, 7) is 14.4. The highest BCUT2D eigenvalue weighted by Crippen LogP contribution is 2.38. The molecule has 1 saturated carbocycles. The summed E-state index contributed by atoms with van der Waals surface area (Å²) in [5, 5.41) is 14.6. The van der Waals surface area contributed by atoms with Gasteiger partial charge in [-0.1, -0.05) is 63.2 Å². The second kappa shape index (κ2) is 22.4. The minimum Gasteiger partial charge on any atom is -0.493 e. The Labute approximate surface area is 386 Å². The van der Waals surface area contributed by atoms with Crippen molar-refractivity contribution in [1.82, 2.24) is 20.3 Å². The molecule has 2 aliphatic rings. The smallest absolute Gasteiger partial charge is 0.223 e. The Balaban J connectivity index is 0.800. The van der Waals surface area contributed by atoms with E-state index in [-0.39, 0.29) is 42.1 Å². The van der Waals surface area contributed by atoms with Crippen molar-refractivity contribution in [3.8, 4) is 23.1 Å². The van der Waals surface area contributed by atoms with Gasteiger partial charge in [0.25, 0.3) is 0 Å². The molecule has 13 heteroatoms. The molecule has 2 unspecified atom stereocenters. The Morgan fingerprint density at radius 1 is 0.938 bits per heavy atom. The van der Waals surface area contributed by atoms with Crippen molar-refractivity contribution in [1.29, 1.82) is 5.26 Å². The third kappa shape index (κ3) is 11.9. The molecule has 2 aromatic carbocycles. The highest BCUT2D eigenvalue weighted by atomic mass is 32.1. The summed E-state index contributed by atoms with van der Waals surface area (Å²) in [6, 6.07) is 21.8. The molecule has 340 valence electrons. The number of aromatic nitrogens is 3. The molecule has 5 aromatic rings. The van der Waals surface area contributed by atoms with Crippen molar-refractivity contribution in [2.75, 3.05) is 46.2 Å². The maximum Gasteiger partial charge on any atom is 0.223 e. The number of hydrogen-bond acceptors (Lipinski definition) is 11. The summed E-state index contributed by atoms with van der Waals surface area (Å²) in [4.78, 5) is 40.4. The molecule has 3 aromatic heterocycles. The Kier molecular flexibility index (Phi) is 16.3. The summed E-state index contributed by atoms with van der Waals surface area (Å²) in [6.07, 6.45) is 9.73. The van der Waals surface area contributed by atoms with Crippen LogP contribution < -0.4 is 10.1 Å². The molecule has 4 heterocycles. The van der Waals surface area contributed by atoms with E-state index >= 15 is 0 Å². The minimum absolute atomic E-state index is 0.0102. The molecule has 1 aliphatic heterocycles. The fourth-order valence-corrected chi connectivity index (χ4v) is 8.93. The van der Waals surface area contributed by atoms with Crippen LogP contribution in [0.2, 0.25) is 0 Å². The van der Waals surface area contributed by atoms with Gasteiger partial charge in [-0.15, -0.1) is 12.6 Å². The Hall–Kier alpha value is -5.78. The van der Waals surface area contributed by atoms with E-state index in [4.69, 9.17) is 23.7 Å². The first-order valence-electron chi connectivity index (χ1n) is 22.5. The zero-order chi connectivity index (χ0) is 45.9. The molecule has 1 aliphatic carbocycles. The van der Waals surface area contributed by atoms with Gasteiger partial charge in [0.1, 0.15) is 30.9 Å². The molecule has 1 amide bonds. The summed E-state index contributed by atoms with van der Waals surface area (Å²) in [7, 11) is 0. The fraction of sp³-hybridized carbons (Fsp3) is 0.404. The lowest BCUT2D eigenvalue weighted by Crippen LogP contribution is -2.36. The van der Waals surface area contributed by atoms with Crippen LogP contribution in [-0.2, 0) is 28.5 Å². The predicted octanol–water partition coefficient (Wildman–Crippen LogP) is 9.76. The fourth-order valence-electron chi connectivity index (χ4n) is 8.73. The molecule has 7 rings (SSSR count). The van der Waals surface area contributed by atoms with Crippen molar-refractivity contribution < 1.29 is 33.3 Å². The van der Waals surface area contributed by atoms with Crippen molar-refractivity contribution in [2.45, 2.75) is 65.5 Å². The summed E-state index contributed by atoms with van der Waals surface area (Å²) in [5.41, 5.74) is 7.29. The maximum atomic E-state index is 14.0. The molecule has 1 fully saturated rings. The number of aromatic amines is 1. The average molecular weight is 898 g/mol. The largest absolute Gasteiger partial charge is 0.493 e. The second-order valence-electron chi connectivity index (χ2n) is 17.2. The third-order valence-electron chi connectivity index (χ3n) is 12.3. The number of carbonyl (C=O) groups excluding carboxylic acids is 2. The maximum absolute atomic E-state index is 14.0. The summed E-state index contributed by atoms with van der Waals surface area (Å²) < 4.78 is 29.5. The van der Waals surface area contributed by atoms with Gasteiger partial charge in [0, 0.05) is 74.8 Å².